The van der Waals surface area contributed by atoms with Crippen LogP contribution in [0.25, 0.3) is 11.1 Å². The molecule has 2 amide bonds. The van der Waals surface area contributed by atoms with Crippen molar-refractivity contribution in [2.45, 2.75) is 19.9 Å². The first-order chi connectivity index (χ1) is 14.5. The molecule has 156 valence electrons. The monoisotopic (exact) mass is 409 g/mol. The molecule has 1 unspecified atom stereocenters. The number of benzene rings is 2. The number of aryl methyl sites for hydroxylation is 1. The molecule has 0 aliphatic carbocycles. The predicted octanol–water partition coefficient (Wildman–Crippen LogP) is 2.82. The highest BCUT2D eigenvalue weighted by Gasteiger charge is 2.35. The van der Waals surface area contributed by atoms with E-state index >= 15 is 0 Å². The molecule has 4 rings (SSSR count). The zero-order valence-electron chi connectivity index (χ0n) is 17.1. The second kappa shape index (κ2) is 8.06. The van der Waals surface area contributed by atoms with E-state index in [0.717, 1.165) is 5.56 Å². The molecule has 1 saturated heterocycles. The largest absolute Gasteiger partial charge is 0.497 e. The smallest absolute Gasteiger partial charge is 0.227 e. The molecular formula is C22H23N3O5. The van der Waals surface area contributed by atoms with Gasteiger partial charge in [0.15, 0.2) is 11.5 Å². The fourth-order valence-corrected chi connectivity index (χ4v) is 3.63. The summed E-state index contributed by atoms with van der Waals surface area (Å²) < 4.78 is 16.0. The quantitative estimate of drug-likeness (QED) is 0.673. The van der Waals surface area contributed by atoms with Crippen molar-refractivity contribution in [3.8, 4) is 11.5 Å². The van der Waals surface area contributed by atoms with Crippen molar-refractivity contribution in [1.82, 2.24) is 10.3 Å². The number of nitrogens with zero attached hydrogens (tertiary/aromatic N) is 2. The van der Waals surface area contributed by atoms with Crippen molar-refractivity contribution in [2.75, 3.05) is 25.7 Å². The minimum absolute atomic E-state index is 0.0854. The first kappa shape index (κ1) is 19.8. The number of carbonyl (C=O) groups is 2. The maximum atomic E-state index is 12.7. The summed E-state index contributed by atoms with van der Waals surface area (Å²) in [6.07, 6.45) is 0.170. The van der Waals surface area contributed by atoms with Crippen molar-refractivity contribution in [1.29, 1.82) is 0 Å². The normalized spacial score (nSPS) is 16.2. The minimum atomic E-state index is -0.417. The van der Waals surface area contributed by atoms with Gasteiger partial charge in [-0.25, -0.2) is 4.98 Å². The molecule has 2 aromatic carbocycles. The van der Waals surface area contributed by atoms with E-state index in [-0.39, 0.29) is 18.2 Å². The maximum Gasteiger partial charge on any atom is 0.227 e. The fraction of sp³-hybridized carbons (Fsp3) is 0.318. The van der Waals surface area contributed by atoms with Crippen LogP contribution >= 0.6 is 0 Å². The number of rotatable bonds is 6. The molecule has 8 nitrogen and oxygen atoms in total. The van der Waals surface area contributed by atoms with Gasteiger partial charge in [0.2, 0.25) is 11.8 Å². The number of anilines is 1. The Bertz CT molecular complexity index is 1090. The third-order valence-electron chi connectivity index (χ3n) is 5.16. The number of oxazole rings is 1. The third kappa shape index (κ3) is 3.94. The van der Waals surface area contributed by atoms with Gasteiger partial charge in [-0.05, 0) is 35.9 Å². The summed E-state index contributed by atoms with van der Waals surface area (Å²) in [5.41, 5.74) is 2.93. The number of hydrogen-bond donors (Lipinski definition) is 1. The third-order valence-corrected chi connectivity index (χ3v) is 5.16. The lowest BCUT2D eigenvalue weighted by Gasteiger charge is -2.16. The van der Waals surface area contributed by atoms with Gasteiger partial charge in [0.25, 0.3) is 0 Å². The Balaban J connectivity index is 1.42. The molecule has 0 spiro atoms. The second-order valence-electron chi connectivity index (χ2n) is 7.23. The summed E-state index contributed by atoms with van der Waals surface area (Å²) >= 11 is 0. The number of methoxy groups -OCH3 is 2. The zero-order valence-corrected chi connectivity index (χ0v) is 17.1. The molecule has 1 N–H and O–H groups in total. The predicted molar refractivity (Wildman–Crippen MR) is 111 cm³/mol. The van der Waals surface area contributed by atoms with E-state index in [1.165, 1.54) is 0 Å². The van der Waals surface area contributed by atoms with Crippen LogP contribution in [0.4, 0.5) is 5.69 Å². The molecule has 1 fully saturated rings. The average molecular weight is 409 g/mol. The minimum Gasteiger partial charge on any atom is -0.497 e. The van der Waals surface area contributed by atoms with Crippen LogP contribution in [0.3, 0.4) is 0 Å². The van der Waals surface area contributed by atoms with E-state index in [4.69, 9.17) is 13.9 Å². The van der Waals surface area contributed by atoms with Gasteiger partial charge < -0.3 is 24.1 Å². The number of ether oxygens (including phenoxy) is 2. The average Bonchev–Trinajstić information content (AvgIpc) is 3.32. The van der Waals surface area contributed by atoms with E-state index in [1.807, 2.05) is 24.3 Å². The summed E-state index contributed by atoms with van der Waals surface area (Å²) in [6.45, 7) is 2.43. The number of nitrogens with one attached hydrogen (secondary N) is 1. The topological polar surface area (TPSA) is 93.9 Å². The van der Waals surface area contributed by atoms with Gasteiger partial charge in [-0.2, -0.15) is 0 Å². The number of amides is 2. The van der Waals surface area contributed by atoms with E-state index < -0.39 is 5.92 Å². The van der Waals surface area contributed by atoms with Crippen LogP contribution in [0.15, 0.2) is 40.8 Å². The van der Waals surface area contributed by atoms with Crippen molar-refractivity contribution in [2.24, 2.45) is 5.92 Å². The summed E-state index contributed by atoms with van der Waals surface area (Å²) in [5.74, 6) is 1.21. The molecule has 8 heteroatoms. The fourth-order valence-electron chi connectivity index (χ4n) is 3.63. The van der Waals surface area contributed by atoms with Crippen LogP contribution < -0.4 is 19.7 Å². The Hall–Kier alpha value is -3.55. The Morgan fingerprint density at radius 3 is 2.63 bits per heavy atom. The van der Waals surface area contributed by atoms with Gasteiger partial charge in [-0.3, -0.25) is 9.59 Å². The van der Waals surface area contributed by atoms with Gasteiger partial charge in [-0.1, -0.05) is 0 Å². The van der Waals surface area contributed by atoms with Crippen LogP contribution in [0.5, 0.6) is 11.5 Å². The highest BCUT2D eigenvalue weighted by Crippen LogP contribution is 2.29. The molecule has 30 heavy (non-hydrogen) atoms. The van der Waals surface area contributed by atoms with Crippen LogP contribution in [-0.4, -0.2) is 37.6 Å². The van der Waals surface area contributed by atoms with E-state index in [2.05, 4.69) is 10.3 Å². The Morgan fingerprint density at radius 1 is 1.20 bits per heavy atom. The van der Waals surface area contributed by atoms with Crippen LogP contribution in [-0.2, 0) is 16.1 Å². The zero-order chi connectivity index (χ0) is 21.3. The van der Waals surface area contributed by atoms with Crippen molar-refractivity contribution in [3.05, 3.63) is 47.9 Å². The lowest BCUT2D eigenvalue weighted by atomic mass is 10.1. The highest BCUT2D eigenvalue weighted by molar-refractivity contribution is 6.01. The molecule has 3 aromatic rings. The van der Waals surface area contributed by atoms with Gasteiger partial charge in [0.1, 0.15) is 17.0 Å². The van der Waals surface area contributed by atoms with Gasteiger partial charge >= 0.3 is 0 Å². The molecule has 1 aromatic heterocycles. The number of fused-ring (bicyclic) bond motifs is 1. The molecule has 1 aliphatic rings. The van der Waals surface area contributed by atoms with Gasteiger partial charge in [-0.15, -0.1) is 0 Å². The lowest BCUT2D eigenvalue weighted by molar-refractivity contribution is -0.126. The summed E-state index contributed by atoms with van der Waals surface area (Å²) in [7, 11) is 3.15. The molecule has 1 atom stereocenters. The Kier molecular flexibility index (Phi) is 5.31. The van der Waals surface area contributed by atoms with Gasteiger partial charge in [0.05, 0.1) is 20.1 Å². The maximum absolute atomic E-state index is 12.7. The molecule has 2 heterocycles. The second-order valence-corrected chi connectivity index (χ2v) is 7.23. The lowest BCUT2D eigenvalue weighted by Crippen LogP contribution is -2.32. The van der Waals surface area contributed by atoms with Gasteiger partial charge in [0, 0.05) is 38.2 Å². The summed E-state index contributed by atoms with van der Waals surface area (Å²) in [5, 5.41) is 2.91. The molecule has 0 saturated carbocycles. The van der Waals surface area contributed by atoms with Crippen LogP contribution in [0.2, 0.25) is 0 Å². The Morgan fingerprint density at radius 2 is 1.93 bits per heavy atom. The number of carbonyl (C=O) groups excluding carboxylic acids is 2. The Labute approximate surface area is 173 Å². The molecule has 0 bridgehead atoms. The molecular weight excluding hydrogens is 386 g/mol. The molecule has 0 radical (unpaired) electrons. The first-order valence-electron chi connectivity index (χ1n) is 9.64. The van der Waals surface area contributed by atoms with Crippen molar-refractivity contribution >= 4 is 28.6 Å². The highest BCUT2D eigenvalue weighted by atomic mass is 16.5. The van der Waals surface area contributed by atoms with Crippen molar-refractivity contribution < 1.29 is 23.5 Å². The van der Waals surface area contributed by atoms with Crippen molar-refractivity contribution in [3.63, 3.8) is 0 Å². The van der Waals surface area contributed by atoms with Crippen LogP contribution in [0, 0.1) is 12.8 Å². The summed E-state index contributed by atoms with van der Waals surface area (Å²) in [4.78, 5) is 31.2. The first-order valence-corrected chi connectivity index (χ1v) is 9.64. The van der Waals surface area contributed by atoms with E-state index in [0.29, 0.717) is 47.3 Å². The van der Waals surface area contributed by atoms with Crippen LogP contribution in [0.1, 0.15) is 17.9 Å². The summed E-state index contributed by atoms with van der Waals surface area (Å²) in [6, 6.07) is 10.9. The number of aromatic nitrogens is 1. The standard InChI is InChI=1S/C22H23N3O5/c1-13-24-19-9-16(4-5-20(19)30-13)25-12-15(8-21(25)26)22(27)23-11-14-6-17(28-2)10-18(7-14)29-3/h4-7,9-10,15H,8,11-12H2,1-3H3,(H,23,27). The van der Waals surface area contributed by atoms with E-state index in [1.54, 1.807) is 38.2 Å². The SMILES string of the molecule is COc1cc(CNC(=O)C2CC(=O)N(c3ccc4oc(C)nc4c3)C2)cc(OC)c1. The number of hydrogen-bond acceptors (Lipinski definition) is 6. The van der Waals surface area contributed by atoms with E-state index in [9.17, 15) is 9.59 Å². The molecule has 1 aliphatic heterocycles.